The van der Waals surface area contributed by atoms with Crippen molar-refractivity contribution >= 4 is 18.6 Å². The van der Waals surface area contributed by atoms with Gasteiger partial charge in [-0.25, -0.2) is 8.93 Å². The smallest absolute Gasteiger partial charge is 0.311 e. The van der Waals surface area contributed by atoms with Gasteiger partial charge in [-0.3, -0.25) is 9.46 Å². The molecule has 8 heteroatoms. The summed E-state index contributed by atoms with van der Waals surface area (Å²) in [5.74, 6) is -0.682. The van der Waals surface area contributed by atoms with Gasteiger partial charge >= 0.3 is 7.60 Å². The lowest BCUT2D eigenvalue weighted by molar-refractivity contribution is 0.259. The quantitative estimate of drug-likeness (QED) is 0.509. The summed E-state index contributed by atoms with van der Waals surface area (Å²) < 4.78 is 39.3. The van der Waals surface area contributed by atoms with Crippen molar-refractivity contribution in [1.82, 2.24) is 9.62 Å². The normalized spacial score (nSPS) is 21.6. The Balaban J connectivity index is 1.75. The molecule has 146 valence electrons. The average molecular weight is 408 g/mol. The van der Waals surface area contributed by atoms with Crippen LogP contribution >= 0.6 is 7.60 Å². The summed E-state index contributed by atoms with van der Waals surface area (Å²) >= 11 is 0. The van der Waals surface area contributed by atoms with E-state index in [9.17, 15) is 8.77 Å². The SMILES string of the molecule is COP(=O)(OC)[C@@H](NS(=O)c1ccc(C)cc1)[C@H]1CN1Cc1ccccc1. The zero-order valence-electron chi connectivity index (χ0n) is 15.7. The fourth-order valence-corrected chi connectivity index (χ4v) is 5.99. The maximum Gasteiger partial charge on any atom is 0.349 e. The number of aryl methyl sites for hydroxylation is 1. The molecule has 2 unspecified atom stereocenters. The zero-order chi connectivity index (χ0) is 19.4. The minimum Gasteiger partial charge on any atom is -0.311 e. The van der Waals surface area contributed by atoms with E-state index in [1.165, 1.54) is 19.8 Å². The Morgan fingerprint density at radius 1 is 1.15 bits per heavy atom. The Bertz CT molecular complexity index is 823. The molecule has 0 bridgehead atoms. The molecule has 0 aromatic heterocycles. The Labute approximate surface area is 163 Å². The van der Waals surface area contributed by atoms with Crippen LogP contribution in [-0.4, -0.2) is 41.7 Å². The van der Waals surface area contributed by atoms with Crippen molar-refractivity contribution in [1.29, 1.82) is 0 Å². The van der Waals surface area contributed by atoms with Gasteiger partial charge in [0, 0.05) is 27.3 Å². The largest absolute Gasteiger partial charge is 0.349 e. The topological polar surface area (TPSA) is 67.6 Å². The van der Waals surface area contributed by atoms with Crippen LogP contribution in [-0.2, 0) is 31.1 Å². The first-order chi connectivity index (χ1) is 13.0. The molecule has 1 N–H and O–H groups in total. The van der Waals surface area contributed by atoms with Crippen LogP contribution in [0, 0.1) is 6.92 Å². The van der Waals surface area contributed by atoms with E-state index in [-0.39, 0.29) is 6.04 Å². The monoisotopic (exact) mass is 408 g/mol. The van der Waals surface area contributed by atoms with Gasteiger partial charge in [-0.15, -0.1) is 0 Å². The fraction of sp³-hybridized carbons (Fsp3) is 0.368. The van der Waals surface area contributed by atoms with Gasteiger partial charge in [-0.2, -0.15) is 0 Å². The molecule has 1 saturated heterocycles. The lowest BCUT2D eigenvalue weighted by atomic mass is 10.2. The molecule has 0 amide bonds. The van der Waals surface area contributed by atoms with E-state index in [1.54, 1.807) is 12.1 Å². The lowest BCUT2D eigenvalue weighted by Gasteiger charge is -2.25. The standard InChI is InChI=1S/C19H25N2O4PS/c1-15-9-11-17(12-10-15)27(23)20-19(26(22,24-2)25-3)18-14-21(18)13-16-7-5-4-6-8-16/h4-12,18-20H,13-14H2,1-3H3/t18-,19-,21?,27?/m1/s1. The van der Waals surface area contributed by atoms with Gasteiger partial charge in [0.15, 0.2) is 0 Å². The van der Waals surface area contributed by atoms with Crippen LogP contribution in [0.25, 0.3) is 0 Å². The Morgan fingerprint density at radius 2 is 1.78 bits per heavy atom. The molecule has 3 rings (SSSR count). The van der Waals surface area contributed by atoms with Gasteiger partial charge in [0.2, 0.25) is 0 Å². The minimum absolute atomic E-state index is 0.0784. The molecule has 1 aliphatic heterocycles. The second-order valence-electron chi connectivity index (χ2n) is 6.53. The van der Waals surface area contributed by atoms with Crippen molar-refractivity contribution < 1.29 is 17.8 Å². The van der Waals surface area contributed by atoms with E-state index in [0.717, 1.165) is 18.7 Å². The first-order valence-corrected chi connectivity index (χ1v) is 11.5. The highest BCUT2D eigenvalue weighted by molar-refractivity contribution is 7.83. The van der Waals surface area contributed by atoms with E-state index < -0.39 is 24.4 Å². The third-order valence-corrected chi connectivity index (χ3v) is 8.18. The second kappa shape index (κ2) is 8.78. The predicted octanol–water partition coefficient (Wildman–Crippen LogP) is 3.30. The molecular formula is C19H25N2O4PS. The number of nitrogens with one attached hydrogen (secondary N) is 1. The number of benzene rings is 2. The highest BCUT2D eigenvalue weighted by atomic mass is 32.2. The minimum atomic E-state index is -3.46. The Kier molecular flexibility index (Phi) is 6.63. The van der Waals surface area contributed by atoms with Gasteiger partial charge < -0.3 is 9.05 Å². The third-order valence-electron chi connectivity index (χ3n) is 4.66. The molecule has 1 heterocycles. The second-order valence-corrected chi connectivity index (χ2v) is 10.1. The maximum absolute atomic E-state index is 13.1. The first-order valence-electron chi connectivity index (χ1n) is 8.70. The molecule has 6 nitrogen and oxygen atoms in total. The summed E-state index contributed by atoms with van der Waals surface area (Å²) in [4.78, 5) is 2.78. The summed E-state index contributed by atoms with van der Waals surface area (Å²) in [5, 5.41) is 0. The van der Waals surface area contributed by atoms with Crippen LogP contribution in [0.4, 0.5) is 0 Å². The van der Waals surface area contributed by atoms with Crippen LogP contribution in [0.5, 0.6) is 0 Å². The van der Waals surface area contributed by atoms with E-state index >= 15 is 0 Å². The number of rotatable bonds is 9. The van der Waals surface area contributed by atoms with Crippen LogP contribution in [0.15, 0.2) is 59.5 Å². The highest BCUT2D eigenvalue weighted by Crippen LogP contribution is 2.55. The Morgan fingerprint density at radius 3 is 2.37 bits per heavy atom. The molecule has 2 aromatic rings. The average Bonchev–Trinajstić information content (AvgIpc) is 3.45. The fourth-order valence-electron chi connectivity index (χ4n) is 2.99. The van der Waals surface area contributed by atoms with Crippen LogP contribution < -0.4 is 4.72 Å². The van der Waals surface area contributed by atoms with E-state index in [2.05, 4.69) is 21.8 Å². The molecule has 0 aliphatic carbocycles. The summed E-state index contributed by atoms with van der Waals surface area (Å²) in [6.07, 6.45) is 0. The van der Waals surface area contributed by atoms with Crippen molar-refractivity contribution in [2.75, 3.05) is 20.8 Å². The van der Waals surface area contributed by atoms with Crippen molar-refractivity contribution in [3.8, 4) is 0 Å². The van der Waals surface area contributed by atoms with Crippen molar-refractivity contribution in [2.45, 2.75) is 30.2 Å². The third kappa shape index (κ3) is 4.93. The van der Waals surface area contributed by atoms with Crippen LogP contribution in [0.1, 0.15) is 11.1 Å². The lowest BCUT2D eigenvalue weighted by Crippen LogP contribution is -2.37. The number of hydrogen-bond acceptors (Lipinski definition) is 5. The van der Waals surface area contributed by atoms with Crippen molar-refractivity contribution in [3.05, 3.63) is 65.7 Å². The summed E-state index contributed by atoms with van der Waals surface area (Å²) in [6.45, 7) is 3.43. The first kappa shape index (κ1) is 20.4. The van der Waals surface area contributed by atoms with Crippen molar-refractivity contribution in [2.24, 2.45) is 0 Å². The van der Waals surface area contributed by atoms with Gasteiger partial charge in [-0.05, 0) is 24.6 Å². The van der Waals surface area contributed by atoms with Crippen molar-refractivity contribution in [3.63, 3.8) is 0 Å². The van der Waals surface area contributed by atoms with E-state index in [0.29, 0.717) is 4.90 Å². The van der Waals surface area contributed by atoms with Gasteiger partial charge in [0.05, 0.1) is 10.9 Å². The molecule has 0 radical (unpaired) electrons. The molecule has 1 aliphatic rings. The predicted molar refractivity (Wildman–Crippen MR) is 107 cm³/mol. The van der Waals surface area contributed by atoms with E-state index in [1.807, 2.05) is 37.3 Å². The summed E-state index contributed by atoms with van der Waals surface area (Å²) in [5.41, 5.74) is 2.26. The number of hydrogen-bond donors (Lipinski definition) is 1. The van der Waals surface area contributed by atoms with Crippen LogP contribution in [0.2, 0.25) is 0 Å². The van der Waals surface area contributed by atoms with Crippen LogP contribution in [0.3, 0.4) is 0 Å². The molecule has 0 spiro atoms. The summed E-state index contributed by atoms with van der Waals surface area (Å²) in [6, 6.07) is 17.4. The van der Waals surface area contributed by atoms with E-state index in [4.69, 9.17) is 9.05 Å². The molecule has 0 saturated carbocycles. The molecule has 2 aromatic carbocycles. The zero-order valence-corrected chi connectivity index (χ0v) is 17.4. The summed E-state index contributed by atoms with van der Waals surface area (Å²) in [7, 11) is -2.26. The molecule has 4 atom stereocenters. The molecular weight excluding hydrogens is 383 g/mol. The number of nitrogens with zero attached hydrogens (tertiary/aromatic N) is 1. The van der Waals surface area contributed by atoms with Gasteiger partial charge in [-0.1, -0.05) is 48.0 Å². The maximum atomic E-state index is 13.1. The highest BCUT2D eigenvalue weighted by Gasteiger charge is 2.51. The Hall–Kier alpha value is -1.34. The van der Waals surface area contributed by atoms with Gasteiger partial charge in [0.1, 0.15) is 16.8 Å². The van der Waals surface area contributed by atoms with Gasteiger partial charge in [0.25, 0.3) is 0 Å². The molecule has 27 heavy (non-hydrogen) atoms. The molecule has 1 fully saturated rings.